The van der Waals surface area contributed by atoms with Crippen molar-refractivity contribution in [3.8, 4) is 11.1 Å². The zero-order chi connectivity index (χ0) is 19.7. The maximum absolute atomic E-state index is 12.9. The van der Waals surface area contributed by atoms with E-state index < -0.39 is 16.4 Å². The van der Waals surface area contributed by atoms with Crippen LogP contribution in [0, 0.1) is 10.1 Å². The van der Waals surface area contributed by atoms with Crippen molar-refractivity contribution in [1.29, 1.82) is 0 Å². The Kier molecular flexibility index (Phi) is 4.21. The van der Waals surface area contributed by atoms with Crippen LogP contribution in [0.5, 0.6) is 0 Å². The number of aliphatic hydroxyl groups is 1. The topological polar surface area (TPSA) is 105 Å². The lowest BCUT2D eigenvalue weighted by Gasteiger charge is -2.23. The molecule has 3 aromatic rings. The van der Waals surface area contributed by atoms with Crippen molar-refractivity contribution in [2.24, 2.45) is 5.10 Å². The molecular formula is C21H15N3O4. The predicted octanol–water partition coefficient (Wildman–Crippen LogP) is 2.96. The van der Waals surface area contributed by atoms with Crippen molar-refractivity contribution >= 4 is 17.8 Å². The van der Waals surface area contributed by atoms with E-state index in [1.165, 1.54) is 30.5 Å². The average Bonchev–Trinajstić information content (AvgIpc) is 2.99. The SMILES string of the molecule is O=C(N/N=C/c1ccc([N+](=O)[O-])cc1)C1(O)c2ccccc2-c2ccccc21. The normalized spacial score (nSPS) is 13.8. The van der Waals surface area contributed by atoms with Gasteiger partial charge in [-0.25, -0.2) is 5.43 Å². The molecule has 1 aliphatic rings. The molecule has 0 spiro atoms. The Bertz CT molecular complexity index is 1060. The number of carbonyl (C=O) groups is 1. The standard InChI is InChI=1S/C21H15N3O4/c25-20(23-22-13-14-9-11-15(12-10-14)24(27)28)21(26)18-7-3-1-5-16(18)17-6-2-4-8-19(17)21/h1-13,26H,(H,23,25)/b22-13+. The van der Waals surface area contributed by atoms with Gasteiger partial charge >= 0.3 is 0 Å². The third-order valence-corrected chi connectivity index (χ3v) is 4.74. The molecule has 0 unspecified atom stereocenters. The molecule has 0 atom stereocenters. The molecule has 0 heterocycles. The van der Waals surface area contributed by atoms with E-state index in [1.54, 1.807) is 24.3 Å². The number of fused-ring (bicyclic) bond motifs is 3. The van der Waals surface area contributed by atoms with Crippen molar-refractivity contribution in [1.82, 2.24) is 5.43 Å². The summed E-state index contributed by atoms with van der Waals surface area (Å²) in [6.45, 7) is 0. The lowest BCUT2D eigenvalue weighted by atomic mass is 9.91. The van der Waals surface area contributed by atoms with Crippen molar-refractivity contribution < 1.29 is 14.8 Å². The molecule has 0 saturated heterocycles. The number of nitrogens with zero attached hydrogens (tertiary/aromatic N) is 2. The van der Waals surface area contributed by atoms with Crippen LogP contribution >= 0.6 is 0 Å². The second-order valence-electron chi connectivity index (χ2n) is 6.35. The molecule has 0 radical (unpaired) electrons. The van der Waals surface area contributed by atoms with Crippen molar-refractivity contribution in [2.45, 2.75) is 5.60 Å². The molecule has 0 bridgehead atoms. The van der Waals surface area contributed by atoms with E-state index in [0.29, 0.717) is 16.7 Å². The number of nitrogens with one attached hydrogen (secondary N) is 1. The number of non-ortho nitro benzene ring substituents is 1. The molecule has 7 nitrogen and oxygen atoms in total. The van der Waals surface area contributed by atoms with Crippen LogP contribution < -0.4 is 5.43 Å². The second kappa shape index (κ2) is 6.71. The van der Waals surface area contributed by atoms with Crippen LogP contribution in [0.3, 0.4) is 0 Å². The Hall–Kier alpha value is -3.84. The maximum Gasteiger partial charge on any atom is 0.281 e. The number of hydrogen-bond donors (Lipinski definition) is 2. The Morgan fingerprint density at radius 2 is 1.50 bits per heavy atom. The molecule has 0 fully saturated rings. The van der Waals surface area contributed by atoms with Crippen LogP contribution in [-0.4, -0.2) is 22.2 Å². The number of carbonyl (C=O) groups excluding carboxylic acids is 1. The number of hydrazone groups is 1. The molecule has 28 heavy (non-hydrogen) atoms. The zero-order valence-electron chi connectivity index (χ0n) is 14.6. The number of benzene rings is 3. The van der Waals surface area contributed by atoms with Crippen molar-refractivity contribution in [3.63, 3.8) is 0 Å². The van der Waals surface area contributed by atoms with Gasteiger partial charge in [-0.05, 0) is 28.8 Å². The monoisotopic (exact) mass is 373 g/mol. The highest BCUT2D eigenvalue weighted by atomic mass is 16.6. The largest absolute Gasteiger partial charge is 0.372 e. The van der Waals surface area contributed by atoms with Gasteiger partial charge < -0.3 is 5.11 Å². The number of nitro groups is 1. The third-order valence-electron chi connectivity index (χ3n) is 4.74. The number of amides is 1. The van der Waals surface area contributed by atoms with Gasteiger partial charge in [-0.15, -0.1) is 0 Å². The van der Waals surface area contributed by atoms with Gasteiger partial charge in [0, 0.05) is 23.3 Å². The lowest BCUT2D eigenvalue weighted by molar-refractivity contribution is -0.384. The van der Waals surface area contributed by atoms with E-state index in [9.17, 15) is 20.0 Å². The fraction of sp³-hybridized carbons (Fsp3) is 0.0476. The third kappa shape index (κ3) is 2.74. The van der Waals surface area contributed by atoms with E-state index in [2.05, 4.69) is 10.5 Å². The Labute approximate surface area is 160 Å². The van der Waals surface area contributed by atoms with Crippen LogP contribution in [0.1, 0.15) is 16.7 Å². The number of nitro benzene ring substituents is 1. The number of hydrogen-bond acceptors (Lipinski definition) is 5. The first kappa shape index (κ1) is 17.6. The first-order valence-electron chi connectivity index (χ1n) is 8.51. The van der Waals surface area contributed by atoms with Crippen LogP contribution in [0.4, 0.5) is 5.69 Å². The molecule has 4 rings (SSSR count). The molecule has 0 aromatic heterocycles. The smallest absolute Gasteiger partial charge is 0.281 e. The van der Waals surface area contributed by atoms with Crippen LogP contribution in [0.25, 0.3) is 11.1 Å². The summed E-state index contributed by atoms with van der Waals surface area (Å²) in [5.74, 6) is -0.678. The van der Waals surface area contributed by atoms with Gasteiger partial charge in [0.25, 0.3) is 11.6 Å². The highest BCUT2D eigenvalue weighted by Gasteiger charge is 2.47. The summed E-state index contributed by atoms with van der Waals surface area (Å²) >= 11 is 0. The summed E-state index contributed by atoms with van der Waals surface area (Å²) in [7, 11) is 0. The van der Waals surface area contributed by atoms with Gasteiger partial charge in [0.2, 0.25) is 0 Å². The van der Waals surface area contributed by atoms with E-state index in [1.807, 2.05) is 24.3 Å². The first-order valence-corrected chi connectivity index (χ1v) is 8.51. The molecule has 1 aliphatic carbocycles. The van der Waals surface area contributed by atoms with Gasteiger partial charge in [0.15, 0.2) is 5.60 Å². The summed E-state index contributed by atoms with van der Waals surface area (Å²) in [5.41, 5.74) is 3.67. The van der Waals surface area contributed by atoms with Gasteiger partial charge in [0.05, 0.1) is 11.1 Å². The molecule has 0 aliphatic heterocycles. The van der Waals surface area contributed by atoms with Crippen LogP contribution in [0.15, 0.2) is 77.9 Å². The Morgan fingerprint density at radius 3 is 2.04 bits per heavy atom. The lowest BCUT2D eigenvalue weighted by Crippen LogP contribution is -2.42. The molecule has 3 aromatic carbocycles. The molecule has 1 amide bonds. The fourth-order valence-corrected chi connectivity index (χ4v) is 3.39. The quantitative estimate of drug-likeness (QED) is 0.417. The highest BCUT2D eigenvalue weighted by molar-refractivity contribution is 5.99. The molecular weight excluding hydrogens is 358 g/mol. The molecule has 2 N–H and O–H groups in total. The summed E-state index contributed by atoms with van der Waals surface area (Å²) in [6, 6.07) is 20.1. The van der Waals surface area contributed by atoms with Gasteiger partial charge in [-0.3, -0.25) is 14.9 Å². The van der Waals surface area contributed by atoms with E-state index >= 15 is 0 Å². The minimum atomic E-state index is -1.85. The predicted molar refractivity (Wildman–Crippen MR) is 104 cm³/mol. The first-order chi connectivity index (χ1) is 13.5. The number of rotatable bonds is 4. The van der Waals surface area contributed by atoms with E-state index in [-0.39, 0.29) is 5.69 Å². The van der Waals surface area contributed by atoms with Crippen LogP contribution in [0.2, 0.25) is 0 Å². The summed E-state index contributed by atoms with van der Waals surface area (Å²) in [6.07, 6.45) is 1.36. The van der Waals surface area contributed by atoms with Crippen molar-refractivity contribution in [2.75, 3.05) is 0 Å². The summed E-state index contributed by atoms with van der Waals surface area (Å²) in [5, 5.41) is 25.9. The Morgan fingerprint density at radius 1 is 0.964 bits per heavy atom. The highest BCUT2D eigenvalue weighted by Crippen LogP contribution is 2.47. The maximum atomic E-state index is 12.9. The summed E-state index contributed by atoms with van der Waals surface area (Å²) < 4.78 is 0. The Balaban J connectivity index is 1.60. The second-order valence-corrected chi connectivity index (χ2v) is 6.35. The van der Waals surface area contributed by atoms with Gasteiger partial charge in [-0.2, -0.15) is 5.10 Å². The van der Waals surface area contributed by atoms with E-state index in [0.717, 1.165) is 11.1 Å². The summed E-state index contributed by atoms with van der Waals surface area (Å²) in [4.78, 5) is 23.1. The molecule has 138 valence electrons. The van der Waals surface area contributed by atoms with Crippen molar-refractivity contribution in [3.05, 3.63) is 99.6 Å². The molecule has 7 heteroatoms. The fourth-order valence-electron chi connectivity index (χ4n) is 3.39. The van der Waals surface area contributed by atoms with E-state index in [4.69, 9.17) is 0 Å². The minimum absolute atomic E-state index is 0.0327. The average molecular weight is 373 g/mol. The molecule has 0 saturated carbocycles. The van der Waals surface area contributed by atoms with Gasteiger partial charge in [0.1, 0.15) is 0 Å². The zero-order valence-corrected chi connectivity index (χ0v) is 14.6. The van der Waals surface area contributed by atoms with Crippen LogP contribution in [-0.2, 0) is 10.4 Å². The minimum Gasteiger partial charge on any atom is -0.372 e. The van der Waals surface area contributed by atoms with Gasteiger partial charge in [-0.1, -0.05) is 48.5 Å².